The first-order valence-corrected chi connectivity index (χ1v) is 13.6. The van der Waals surface area contributed by atoms with Crippen molar-refractivity contribution < 1.29 is 23.8 Å². The van der Waals surface area contributed by atoms with E-state index in [0.29, 0.717) is 34.7 Å². The molecule has 2 heterocycles. The van der Waals surface area contributed by atoms with Gasteiger partial charge in [-0.15, -0.1) is 0 Å². The number of carboxylic acids is 1. The van der Waals surface area contributed by atoms with E-state index in [0.717, 1.165) is 5.69 Å². The highest BCUT2D eigenvalue weighted by Crippen LogP contribution is 2.32. The Hall–Kier alpha value is -4.94. The number of rotatable bonds is 12. The van der Waals surface area contributed by atoms with Crippen LogP contribution in [0.1, 0.15) is 23.0 Å². The van der Waals surface area contributed by atoms with E-state index in [1.165, 1.54) is 11.6 Å². The van der Waals surface area contributed by atoms with Gasteiger partial charge in [-0.05, 0) is 48.0 Å². The van der Waals surface area contributed by atoms with Crippen LogP contribution in [0, 0.1) is 0 Å². The number of aliphatic carboxylic acids is 1. The van der Waals surface area contributed by atoms with Gasteiger partial charge in [0.15, 0.2) is 28.8 Å². The normalized spacial score (nSPS) is 12.1. The summed E-state index contributed by atoms with van der Waals surface area (Å²) in [5.74, 6) is -1.00. The molecule has 2 aromatic heterocycles. The second-order valence-corrected chi connectivity index (χ2v) is 10.2. The Bertz CT molecular complexity index is 1560. The van der Waals surface area contributed by atoms with Crippen LogP contribution < -0.4 is 26.2 Å². The first kappa shape index (κ1) is 29.1. The number of carbonyl (C=O) groups is 2. The molecule has 0 aliphatic rings. The second-order valence-electron chi connectivity index (χ2n) is 8.98. The smallest absolute Gasteiger partial charge is 0.480 e. The maximum atomic E-state index is 12.8. The molecule has 0 bridgehead atoms. The first-order chi connectivity index (χ1) is 19.6. The summed E-state index contributed by atoms with van der Waals surface area (Å²) in [7, 11) is -0.645. The molecule has 4 rings (SSSR count). The number of aromatic nitrogens is 4. The quantitative estimate of drug-likeness (QED) is 0.179. The summed E-state index contributed by atoms with van der Waals surface area (Å²) in [6, 6.07) is 14.3. The van der Waals surface area contributed by atoms with Crippen molar-refractivity contribution in [1.29, 1.82) is 0 Å². The number of nitrogens with one attached hydrogen (secondary N) is 1. The van der Waals surface area contributed by atoms with Gasteiger partial charge < -0.3 is 26.8 Å². The molecule has 2 unspecified atom stereocenters. The predicted octanol–water partition coefficient (Wildman–Crippen LogP) is 2.46. The Labute approximate surface area is 236 Å². The van der Waals surface area contributed by atoms with Crippen molar-refractivity contribution in [3.05, 3.63) is 72.1 Å². The van der Waals surface area contributed by atoms with Crippen LogP contribution in [0.5, 0.6) is 5.75 Å². The molecule has 41 heavy (non-hydrogen) atoms. The molecule has 15 heteroatoms. The minimum absolute atomic E-state index is 0.00297. The maximum Gasteiger partial charge on any atom is 0.667 e. The minimum atomic E-state index is -2.51. The van der Waals surface area contributed by atoms with Crippen LogP contribution in [0.2, 0.25) is 0 Å². The number of hydrogen-bond donors (Lipinski definition) is 4. The number of nitrogens with two attached hydrogens (primary N) is 2. The highest BCUT2D eigenvalue weighted by atomic mass is 31.1. The Morgan fingerprint density at radius 3 is 2.46 bits per heavy atom. The molecule has 0 aliphatic heterocycles. The third-order valence-electron chi connectivity index (χ3n) is 6.04. The second kappa shape index (κ2) is 12.9. The van der Waals surface area contributed by atoms with E-state index in [-0.39, 0.29) is 30.8 Å². The van der Waals surface area contributed by atoms with Crippen LogP contribution in [0.25, 0.3) is 11.2 Å². The SMILES string of the molecule is CC(C(=O)O)N(CCNC(=O)c1ccc(N(C)Cc2cnc3nc(N)nc(N)c3n2)cc1)[P+](=O)Oc1ccccc1. The van der Waals surface area contributed by atoms with Gasteiger partial charge in [0, 0.05) is 29.4 Å². The number of benzene rings is 2. The van der Waals surface area contributed by atoms with Crippen LogP contribution in [-0.4, -0.2) is 67.8 Å². The van der Waals surface area contributed by atoms with Crippen molar-refractivity contribution in [3.8, 4) is 5.75 Å². The van der Waals surface area contributed by atoms with E-state index in [1.54, 1.807) is 60.8 Å². The van der Waals surface area contributed by atoms with E-state index in [9.17, 15) is 19.3 Å². The van der Waals surface area contributed by atoms with Crippen molar-refractivity contribution in [2.75, 3.05) is 36.5 Å². The van der Waals surface area contributed by atoms with Gasteiger partial charge in [-0.3, -0.25) is 9.59 Å². The summed E-state index contributed by atoms with van der Waals surface area (Å²) in [6.07, 6.45) is 1.58. The summed E-state index contributed by atoms with van der Waals surface area (Å²) < 4.78 is 19.4. The topological polar surface area (TPSA) is 203 Å². The molecule has 1 amide bonds. The Morgan fingerprint density at radius 2 is 1.78 bits per heavy atom. The molecule has 2 aromatic carbocycles. The van der Waals surface area contributed by atoms with Crippen molar-refractivity contribution in [3.63, 3.8) is 0 Å². The number of hydrogen-bond acceptors (Lipinski definition) is 11. The third kappa shape index (κ3) is 7.38. The molecule has 0 fully saturated rings. The molecule has 0 spiro atoms. The number of nitrogens with zero attached hydrogens (tertiary/aromatic N) is 6. The van der Waals surface area contributed by atoms with Crippen LogP contribution in [-0.2, 0) is 15.9 Å². The van der Waals surface area contributed by atoms with E-state index >= 15 is 0 Å². The van der Waals surface area contributed by atoms with E-state index in [4.69, 9.17) is 16.0 Å². The molecule has 2 atom stereocenters. The maximum absolute atomic E-state index is 12.8. The summed E-state index contributed by atoms with van der Waals surface area (Å²) in [5, 5.41) is 12.2. The van der Waals surface area contributed by atoms with Gasteiger partial charge >= 0.3 is 14.1 Å². The molecule has 0 aliphatic carbocycles. The van der Waals surface area contributed by atoms with Crippen molar-refractivity contribution >= 4 is 48.7 Å². The summed E-state index contributed by atoms with van der Waals surface area (Å²) in [6.45, 7) is 1.86. The molecule has 6 N–H and O–H groups in total. The van der Waals surface area contributed by atoms with Gasteiger partial charge in [0.2, 0.25) is 5.95 Å². The number of anilines is 3. The number of amides is 1. The highest BCUT2D eigenvalue weighted by Gasteiger charge is 2.39. The number of carbonyl (C=O) groups excluding carboxylic acids is 1. The van der Waals surface area contributed by atoms with Crippen molar-refractivity contribution in [2.45, 2.75) is 19.5 Å². The lowest BCUT2D eigenvalue weighted by Gasteiger charge is -2.19. The van der Waals surface area contributed by atoms with Crippen molar-refractivity contribution in [2.24, 2.45) is 0 Å². The van der Waals surface area contributed by atoms with E-state index < -0.39 is 20.2 Å². The molecule has 0 saturated carbocycles. The summed E-state index contributed by atoms with van der Waals surface area (Å²) >= 11 is 0. The third-order valence-corrected chi connectivity index (χ3v) is 7.37. The fraction of sp³-hybridized carbons (Fsp3) is 0.231. The van der Waals surface area contributed by atoms with Gasteiger partial charge in [-0.1, -0.05) is 18.2 Å². The fourth-order valence-corrected chi connectivity index (χ4v) is 4.87. The fourth-order valence-electron chi connectivity index (χ4n) is 3.81. The van der Waals surface area contributed by atoms with Gasteiger partial charge in [0.05, 0.1) is 25.0 Å². The van der Waals surface area contributed by atoms with Gasteiger partial charge in [0.1, 0.15) is 0 Å². The van der Waals surface area contributed by atoms with Crippen LogP contribution in [0.15, 0.2) is 60.8 Å². The lowest BCUT2D eigenvalue weighted by molar-refractivity contribution is -0.140. The monoisotopic (exact) mass is 578 g/mol. The zero-order chi connectivity index (χ0) is 29.5. The van der Waals surface area contributed by atoms with E-state index in [2.05, 4.69) is 25.3 Å². The number of para-hydroxylation sites is 1. The average Bonchev–Trinajstić information content (AvgIpc) is 2.95. The summed E-state index contributed by atoms with van der Waals surface area (Å²) in [5.41, 5.74) is 14.0. The largest absolute Gasteiger partial charge is 0.667 e. The Kier molecular flexibility index (Phi) is 9.17. The Balaban J connectivity index is 1.34. The standard InChI is InChI=1S/C26H28N9O5P/c1-16(25(37)38)35(41(39)40-20-6-4-3-5-7-20)13-12-29-24(36)17-8-10-19(11-9-17)34(2)15-18-14-30-23-21(31-18)22(27)32-26(28)33-23/h3-11,14,16H,12-13,15H2,1-2H3,(H5-,27,28,29,30,32,33,36,37,38)/p+1. The minimum Gasteiger partial charge on any atom is -0.480 e. The highest BCUT2D eigenvalue weighted by molar-refractivity contribution is 7.36. The number of nitrogen functional groups attached to an aromatic ring is 2. The van der Waals surface area contributed by atoms with E-state index in [1.807, 2.05) is 11.9 Å². The Morgan fingerprint density at radius 1 is 1.07 bits per heavy atom. The number of fused-ring (bicyclic) bond motifs is 1. The molecule has 0 radical (unpaired) electrons. The van der Waals surface area contributed by atoms with Crippen molar-refractivity contribution in [1.82, 2.24) is 29.9 Å². The van der Waals surface area contributed by atoms with Gasteiger partial charge in [-0.2, -0.15) is 9.97 Å². The summed E-state index contributed by atoms with van der Waals surface area (Å²) in [4.78, 5) is 42.9. The predicted molar refractivity (Wildman–Crippen MR) is 153 cm³/mol. The van der Waals surface area contributed by atoms with Crippen LogP contribution in [0.4, 0.5) is 17.5 Å². The molecular weight excluding hydrogens is 549 g/mol. The van der Waals surface area contributed by atoms with Gasteiger partial charge in [-0.25, -0.2) is 14.5 Å². The molecule has 0 saturated heterocycles. The average molecular weight is 579 g/mol. The number of carboxylic acid groups (broad SMARTS) is 1. The lowest BCUT2D eigenvalue weighted by atomic mass is 10.2. The lowest BCUT2D eigenvalue weighted by Crippen LogP contribution is -2.40. The molecule has 4 aromatic rings. The molecular formula is C26H29N9O5P+. The zero-order valence-corrected chi connectivity index (χ0v) is 23.2. The molecule has 212 valence electrons. The van der Waals surface area contributed by atoms with Gasteiger partial charge in [0.25, 0.3) is 5.91 Å². The molecule has 14 nitrogen and oxygen atoms in total. The van der Waals surface area contributed by atoms with Crippen LogP contribution in [0.3, 0.4) is 0 Å². The first-order valence-electron chi connectivity index (χ1n) is 12.5. The van der Waals surface area contributed by atoms with Crippen LogP contribution >= 0.6 is 8.18 Å². The zero-order valence-electron chi connectivity index (χ0n) is 22.3.